The molecular weight excluding hydrogens is 244 g/mol. The van der Waals surface area contributed by atoms with E-state index in [1.54, 1.807) is 30.3 Å². The summed E-state index contributed by atoms with van der Waals surface area (Å²) in [6.07, 6.45) is 0. The molecule has 94 valence electrons. The largest absolute Gasteiger partial charge is 0.504 e. The van der Waals surface area contributed by atoms with Gasteiger partial charge in [0.15, 0.2) is 23.1 Å². The first-order chi connectivity index (χ1) is 9.11. The molecule has 0 aliphatic heterocycles. The van der Waals surface area contributed by atoms with E-state index >= 15 is 0 Å². The van der Waals surface area contributed by atoms with E-state index < -0.39 is 23.2 Å². The second kappa shape index (κ2) is 3.95. The number of ketones is 2. The number of phenolic OH excluding ortho intramolecular Hbond substituents is 2. The molecule has 1 atom stereocenters. The monoisotopic (exact) mass is 254 g/mol. The zero-order chi connectivity index (χ0) is 13.6. The van der Waals surface area contributed by atoms with Crippen LogP contribution in [0.15, 0.2) is 42.5 Å². The highest BCUT2D eigenvalue weighted by Gasteiger charge is 2.42. The maximum absolute atomic E-state index is 12.3. The van der Waals surface area contributed by atoms with E-state index in [4.69, 9.17) is 0 Å². The van der Waals surface area contributed by atoms with Crippen LogP contribution in [0.4, 0.5) is 0 Å². The first kappa shape index (κ1) is 11.5. The standard InChI is InChI=1S/C15H10O4/c16-10-7-6-9-12(14(10)18)15(19)11(13(9)17)8-4-2-1-3-5-8/h1-7,11,16,18H. The summed E-state index contributed by atoms with van der Waals surface area (Å²) in [5, 5.41) is 19.2. The summed E-state index contributed by atoms with van der Waals surface area (Å²) < 4.78 is 0. The number of benzene rings is 2. The van der Waals surface area contributed by atoms with Crippen molar-refractivity contribution in [2.45, 2.75) is 5.92 Å². The quantitative estimate of drug-likeness (QED) is 0.604. The minimum atomic E-state index is -0.927. The first-order valence-electron chi connectivity index (χ1n) is 5.79. The number of carbonyl (C=O) groups excluding carboxylic acids is 2. The lowest BCUT2D eigenvalue weighted by Crippen LogP contribution is -2.12. The van der Waals surface area contributed by atoms with Crippen molar-refractivity contribution in [2.24, 2.45) is 0 Å². The zero-order valence-corrected chi connectivity index (χ0v) is 9.83. The van der Waals surface area contributed by atoms with E-state index in [1.165, 1.54) is 12.1 Å². The van der Waals surface area contributed by atoms with Crippen LogP contribution in [-0.4, -0.2) is 21.8 Å². The fourth-order valence-electron chi connectivity index (χ4n) is 2.40. The molecule has 0 aromatic heterocycles. The Morgan fingerprint density at radius 3 is 2.21 bits per heavy atom. The van der Waals surface area contributed by atoms with Gasteiger partial charge in [0.1, 0.15) is 5.92 Å². The summed E-state index contributed by atoms with van der Waals surface area (Å²) in [6.45, 7) is 0. The SMILES string of the molecule is O=C1c2ccc(O)c(O)c2C(=O)C1c1ccccc1. The lowest BCUT2D eigenvalue weighted by molar-refractivity contribution is 0.0889. The van der Waals surface area contributed by atoms with Crippen molar-refractivity contribution in [3.8, 4) is 11.5 Å². The molecule has 1 aliphatic rings. The molecule has 0 radical (unpaired) electrons. The van der Waals surface area contributed by atoms with Crippen LogP contribution in [0.3, 0.4) is 0 Å². The van der Waals surface area contributed by atoms with Crippen LogP contribution in [0.25, 0.3) is 0 Å². The molecule has 0 amide bonds. The zero-order valence-electron chi connectivity index (χ0n) is 9.83. The maximum Gasteiger partial charge on any atom is 0.182 e. The fraction of sp³-hybridized carbons (Fsp3) is 0.0667. The van der Waals surface area contributed by atoms with Gasteiger partial charge in [-0.2, -0.15) is 0 Å². The molecule has 2 aromatic rings. The Hall–Kier alpha value is -2.62. The van der Waals surface area contributed by atoms with Crippen molar-refractivity contribution in [1.29, 1.82) is 0 Å². The molecule has 1 unspecified atom stereocenters. The summed E-state index contributed by atoms with van der Waals surface area (Å²) in [6, 6.07) is 11.3. The third-order valence-corrected chi connectivity index (χ3v) is 3.33. The van der Waals surface area contributed by atoms with Gasteiger partial charge in [-0.3, -0.25) is 9.59 Å². The molecule has 4 heteroatoms. The van der Waals surface area contributed by atoms with Gasteiger partial charge < -0.3 is 10.2 Å². The molecule has 0 spiro atoms. The summed E-state index contributed by atoms with van der Waals surface area (Å²) in [5.41, 5.74) is 0.667. The molecule has 0 bridgehead atoms. The molecule has 2 aromatic carbocycles. The van der Waals surface area contributed by atoms with Crippen molar-refractivity contribution in [3.63, 3.8) is 0 Å². The number of fused-ring (bicyclic) bond motifs is 1. The average molecular weight is 254 g/mol. The van der Waals surface area contributed by atoms with Gasteiger partial charge in [-0.05, 0) is 17.7 Å². The highest BCUT2D eigenvalue weighted by atomic mass is 16.3. The van der Waals surface area contributed by atoms with Crippen molar-refractivity contribution in [2.75, 3.05) is 0 Å². The van der Waals surface area contributed by atoms with Crippen LogP contribution >= 0.6 is 0 Å². The van der Waals surface area contributed by atoms with Crippen molar-refractivity contribution in [1.82, 2.24) is 0 Å². The van der Waals surface area contributed by atoms with E-state index in [0.29, 0.717) is 5.56 Å². The second-order valence-corrected chi connectivity index (χ2v) is 4.43. The van der Waals surface area contributed by atoms with E-state index in [0.717, 1.165) is 0 Å². The van der Waals surface area contributed by atoms with Crippen molar-refractivity contribution < 1.29 is 19.8 Å². The highest BCUT2D eigenvalue weighted by Crippen LogP contribution is 2.41. The molecule has 0 saturated heterocycles. The van der Waals surface area contributed by atoms with Crippen LogP contribution in [0.5, 0.6) is 11.5 Å². The van der Waals surface area contributed by atoms with Gasteiger partial charge in [-0.15, -0.1) is 0 Å². The number of Topliss-reactive ketones (excluding diaryl/α,β-unsaturated/α-hetero) is 2. The number of hydrogen-bond acceptors (Lipinski definition) is 4. The Morgan fingerprint density at radius 2 is 1.53 bits per heavy atom. The smallest absolute Gasteiger partial charge is 0.182 e. The fourth-order valence-corrected chi connectivity index (χ4v) is 2.40. The lowest BCUT2D eigenvalue weighted by Gasteiger charge is -2.06. The topological polar surface area (TPSA) is 74.6 Å². The van der Waals surface area contributed by atoms with E-state index in [-0.39, 0.29) is 16.9 Å². The van der Waals surface area contributed by atoms with Crippen LogP contribution in [0.2, 0.25) is 0 Å². The van der Waals surface area contributed by atoms with Gasteiger partial charge in [0, 0.05) is 5.56 Å². The number of carbonyl (C=O) groups is 2. The Morgan fingerprint density at radius 1 is 0.842 bits per heavy atom. The second-order valence-electron chi connectivity index (χ2n) is 4.43. The highest BCUT2D eigenvalue weighted by molar-refractivity contribution is 6.30. The van der Waals surface area contributed by atoms with Gasteiger partial charge in [-0.25, -0.2) is 0 Å². The van der Waals surface area contributed by atoms with Crippen LogP contribution in [0.1, 0.15) is 32.2 Å². The summed E-state index contributed by atoms with van der Waals surface area (Å²) in [7, 11) is 0. The Kier molecular flexibility index (Phi) is 2.38. The molecule has 0 fully saturated rings. The summed E-state index contributed by atoms with van der Waals surface area (Å²) >= 11 is 0. The van der Waals surface area contributed by atoms with Gasteiger partial charge in [-0.1, -0.05) is 30.3 Å². The third-order valence-electron chi connectivity index (χ3n) is 3.33. The van der Waals surface area contributed by atoms with Crippen LogP contribution in [0, 0.1) is 0 Å². The lowest BCUT2D eigenvalue weighted by atomic mass is 9.94. The van der Waals surface area contributed by atoms with E-state index in [9.17, 15) is 19.8 Å². The number of aromatic hydroxyl groups is 2. The molecule has 1 aliphatic carbocycles. The predicted molar refractivity (Wildman–Crippen MR) is 67.6 cm³/mol. The normalized spacial score (nSPS) is 17.6. The minimum Gasteiger partial charge on any atom is -0.504 e. The molecule has 3 rings (SSSR count). The van der Waals surface area contributed by atoms with Gasteiger partial charge in [0.2, 0.25) is 0 Å². The maximum atomic E-state index is 12.3. The van der Waals surface area contributed by atoms with Crippen molar-refractivity contribution in [3.05, 3.63) is 59.2 Å². The number of phenols is 2. The van der Waals surface area contributed by atoms with E-state index in [1.807, 2.05) is 0 Å². The molecule has 0 heterocycles. The average Bonchev–Trinajstić information content (AvgIpc) is 2.67. The minimum absolute atomic E-state index is 0.0844. The third kappa shape index (κ3) is 1.53. The van der Waals surface area contributed by atoms with Crippen LogP contribution < -0.4 is 0 Å². The first-order valence-corrected chi connectivity index (χ1v) is 5.79. The number of hydrogen-bond donors (Lipinski definition) is 2. The molecule has 19 heavy (non-hydrogen) atoms. The van der Waals surface area contributed by atoms with Gasteiger partial charge >= 0.3 is 0 Å². The van der Waals surface area contributed by atoms with E-state index in [2.05, 4.69) is 0 Å². The predicted octanol–water partition coefficient (Wildman–Crippen LogP) is 2.26. The summed E-state index contributed by atoms with van der Waals surface area (Å²) in [5.74, 6) is -2.66. The molecular formula is C15H10O4. The Balaban J connectivity index is 2.18. The molecule has 0 saturated carbocycles. The van der Waals surface area contributed by atoms with Gasteiger partial charge in [0.25, 0.3) is 0 Å². The van der Waals surface area contributed by atoms with Crippen LogP contribution in [-0.2, 0) is 0 Å². The number of rotatable bonds is 1. The van der Waals surface area contributed by atoms with Crippen molar-refractivity contribution >= 4 is 11.6 Å². The Bertz CT molecular complexity index is 689. The summed E-state index contributed by atoms with van der Waals surface area (Å²) in [4.78, 5) is 24.5. The Labute approximate surface area is 108 Å². The molecule has 4 nitrogen and oxygen atoms in total. The van der Waals surface area contributed by atoms with Gasteiger partial charge in [0.05, 0.1) is 5.56 Å². The molecule has 2 N–H and O–H groups in total.